The molecular formula is C84H115N7O24S. The molecule has 9 N–H and O–H groups in total. The van der Waals surface area contributed by atoms with Crippen molar-refractivity contribution in [1.29, 1.82) is 0 Å². The first kappa shape index (κ1) is 97.4. The monoisotopic (exact) mass is 1640 g/mol. The highest BCUT2D eigenvalue weighted by molar-refractivity contribution is 7.78. The van der Waals surface area contributed by atoms with Crippen molar-refractivity contribution in [3.8, 4) is 28.2 Å². The minimum Gasteiger partial charge on any atom is -0.508 e. The van der Waals surface area contributed by atoms with Crippen molar-refractivity contribution in [2.45, 2.75) is 103 Å². The minimum atomic E-state index is -1.27. The van der Waals surface area contributed by atoms with Crippen molar-refractivity contribution in [1.82, 2.24) is 26.6 Å². The Morgan fingerprint density at radius 3 is 1.73 bits per heavy atom. The van der Waals surface area contributed by atoms with Crippen LogP contribution in [0.25, 0.3) is 44.2 Å². The summed E-state index contributed by atoms with van der Waals surface area (Å²) in [4.78, 5) is 126. The number of primary amides is 1. The van der Waals surface area contributed by atoms with Crippen LogP contribution in [0.2, 0.25) is 0 Å². The summed E-state index contributed by atoms with van der Waals surface area (Å²) in [5.74, 6) is -3.21. The van der Waals surface area contributed by atoms with E-state index in [9.17, 15) is 58.2 Å². The van der Waals surface area contributed by atoms with Gasteiger partial charge in [0.25, 0.3) is 5.91 Å². The molecule has 4 aromatic carbocycles. The van der Waals surface area contributed by atoms with Gasteiger partial charge in [0.05, 0.1) is 156 Å². The number of aromatic carboxylic acids is 1. The molecule has 116 heavy (non-hydrogen) atoms. The molecule has 0 saturated heterocycles. The average molecular weight is 1640 g/mol. The molecular weight excluding hydrogens is 1520 g/mol. The Labute approximate surface area is 682 Å². The van der Waals surface area contributed by atoms with E-state index in [-0.39, 0.29) is 120 Å². The van der Waals surface area contributed by atoms with Gasteiger partial charge in [-0.15, -0.1) is 0 Å². The molecule has 0 spiro atoms. The number of unbranched alkanes of at least 4 members (excludes halogenated alkanes) is 2. The highest BCUT2D eigenvalue weighted by Gasteiger charge is 2.25. The first-order valence-electron chi connectivity index (χ1n) is 39.4. The average Bonchev–Trinajstić information content (AvgIpc) is 0.749. The second-order valence-corrected chi connectivity index (χ2v) is 26.9. The van der Waals surface area contributed by atoms with Crippen molar-refractivity contribution in [3.63, 3.8) is 0 Å². The number of ether oxygens (including phenoxy) is 11. The van der Waals surface area contributed by atoms with Gasteiger partial charge in [0.1, 0.15) is 40.5 Å². The molecule has 32 heteroatoms. The quantitative estimate of drug-likeness (QED) is 0.00809. The van der Waals surface area contributed by atoms with E-state index in [0.717, 1.165) is 35.7 Å². The number of thiocarbonyl (C=S) groups is 1. The lowest BCUT2D eigenvalue weighted by molar-refractivity contribution is -0.129. The van der Waals surface area contributed by atoms with Crippen LogP contribution < -0.4 is 37.7 Å². The third kappa shape index (κ3) is 42.1. The number of carboxylic acids is 1. The fraction of sp³-hybridized carbons (Fsp3) is 0.536. The Bertz CT molecular complexity index is 4030. The van der Waals surface area contributed by atoms with Crippen LogP contribution in [0.3, 0.4) is 0 Å². The second-order valence-electron chi connectivity index (χ2n) is 26.7. The molecule has 0 aromatic heterocycles. The number of amides is 5. The van der Waals surface area contributed by atoms with Crippen LogP contribution in [-0.4, -0.2) is 259 Å². The molecule has 1 aliphatic heterocycles. The zero-order valence-electron chi connectivity index (χ0n) is 66.7. The van der Waals surface area contributed by atoms with Crippen LogP contribution in [0.1, 0.15) is 117 Å². The van der Waals surface area contributed by atoms with Gasteiger partial charge in [0.15, 0.2) is 5.43 Å². The largest absolute Gasteiger partial charge is 0.508 e. The van der Waals surface area contributed by atoms with Crippen LogP contribution in [0.5, 0.6) is 5.75 Å². The summed E-state index contributed by atoms with van der Waals surface area (Å²) >= 11 is 4.52. The highest BCUT2D eigenvalue weighted by atomic mass is 32.1. The maximum Gasteiger partial charge on any atom is 0.336 e. The van der Waals surface area contributed by atoms with Gasteiger partial charge < -0.3 is 99.1 Å². The number of hydrogen-bond donors (Lipinski definition) is 8. The van der Waals surface area contributed by atoms with Gasteiger partial charge in [0.2, 0.25) is 23.6 Å². The predicted molar refractivity (Wildman–Crippen MR) is 437 cm³/mol. The minimum absolute atomic E-state index is 0.00352. The molecule has 0 saturated carbocycles. The molecule has 636 valence electrons. The number of fused-ring (bicyclic) bond motifs is 3. The number of carbonyl (C=O) groups excluding carboxylic acids is 8. The number of Topliss-reactive ketones (excluding diaryl/α,β-unsaturated/α-hetero) is 3. The van der Waals surface area contributed by atoms with Crippen molar-refractivity contribution in [2.75, 3.05) is 185 Å². The number of nitrogens with one attached hydrogen (secondary N) is 5. The summed E-state index contributed by atoms with van der Waals surface area (Å²) in [6.45, 7) is 11.9. The smallest absolute Gasteiger partial charge is 0.336 e. The Morgan fingerprint density at radius 1 is 0.526 bits per heavy atom. The molecule has 4 aromatic rings. The summed E-state index contributed by atoms with van der Waals surface area (Å²) < 4.78 is 66.2. The van der Waals surface area contributed by atoms with Gasteiger partial charge in [-0.1, -0.05) is 55.0 Å². The third-order valence-corrected chi connectivity index (χ3v) is 17.7. The molecule has 0 radical (unpaired) electrons. The van der Waals surface area contributed by atoms with Crippen molar-refractivity contribution in [3.05, 3.63) is 124 Å². The summed E-state index contributed by atoms with van der Waals surface area (Å²) in [6, 6.07) is 26.1. The Kier molecular flexibility index (Phi) is 50.6. The number of nitrogens with zero attached hydrogens (tertiary/aromatic N) is 1. The predicted octanol–water partition coefficient (Wildman–Crippen LogP) is 7.20. The normalized spacial score (nSPS) is 11.7. The summed E-state index contributed by atoms with van der Waals surface area (Å²) in [7, 11) is 1.83. The lowest BCUT2D eigenvalue weighted by atomic mass is 9.90. The van der Waals surface area contributed by atoms with Crippen LogP contribution >= 0.6 is 12.2 Å². The van der Waals surface area contributed by atoms with Crippen LogP contribution in [0.4, 0.5) is 0 Å². The standard InChI is InChI=1S/C51H79N3O15S.C33H36N4O9/c1-43(55)13-20-60-19-6-10-48(56)14-21-62-25-27-64-29-31-66-33-35-68-37-38-69-36-34-67-32-30-65-28-26-63-24-18-54-51(59)47(9-4-5-16-53-50(58)15-22-61-23-17-52-42-70)41-49(57)40-44-11-12-45-7-2-3-8-46(45)39-44;1-35-12-3-2-4-26(31(34)41)37-29(40)11-14-45-15-13-36-32(42)19-5-8-22(25(16-19)33(43)44)30-23-9-6-20(38)17-27(23)46-28-18-21(39)7-10-24(28)30/h2-3,7-8,11-12,39,47H,4-6,9-10,13-38,40-41H2,1H3,(H,53,58)(H,54,59);5-10,16-18,26,35,38H,2-4,11-15H2,1H3,(H2,34,41)(H,36,42)(H,37,40)(H,43,44). The zero-order valence-corrected chi connectivity index (χ0v) is 67.5. The van der Waals surface area contributed by atoms with E-state index in [1.807, 2.05) is 49.5 Å². The van der Waals surface area contributed by atoms with Crippen molar-refractivity contribution in [2.24, 2.45) is 16.6 Å². The number of carbonyl (C=O) groups is 9. The molecule has 0 fully saturated rings. The second kappa shape index (κ2) is 60.3. The van der Waals surface area contributed by atoms with E-state index in [4.69, 9.17) is 62.3 Å². The number of aliphatic imine (C=N–C) groups is 1. The van der Waals surface area contributed by atoms with E-state index in [1.54, 1.807) is 12.1 Å². The van der Waals surface area contributed by atoms with Crippen LogP contribution in [0.15, 0.2) is 111 Å². The van der Waals surface area contributed by atoms with Crippen LogP contribution in [0, 0.1) is 5.92 Å². The number of benzene rings is 5. The van der Waals surface area contributed by atoms with E-state index < -0.39 is 29.7 Å². The third-order valence-electron chi connectivity index (χ3n) is 17.6. The number of nitrogens with two attached hydrogens (primary N) is 1. The van der Waals surface area contributed by atoms with Crippen LogP contribution in [-0.2, 0) is 92.1 Å². The topological polar surface area (TPSA) is 424 Å². The highest BCUT2D eigenvalue weighted by Crippen LogP contribution is 2.42. The Hall–Kier alpha value is -9.22. The molecule has 1 heterocycles. The van der Waals surface area contributed by atoms with E-state index in [0.29, 0.717) is 220 Å². The number of aromatic hydroxyl groups is 1. The maximum absolute atomic E-state index is 13.3. The molecule has 2 atom stereocenters. The van der Waals surface area contributed by atoms with E-state index >= 15 is 0 Å². The zero-order chi connectivity index (χ0) is 83.6. The fourth-order valence-corrected chi connectivity index (χ4v) is 11.7. The molecule has 1 aliphatic carbocycles. The fourth-order valence-electron chi connectivity index (χ4n) is 11.6. The van der Waals surface area contributed by atoms with E-state index in [2.05, 4.69) is 49.0 Å². The number of ketones is 3. The molecule has 31 nitrogen and oxygen atoms in total. The number of carboxylic acid groups (broad SMARTS) is 1. The SMILES string of the molecule is CC(=O)CCOCCCC(=O)CCOCCOCCOCCOCCOCCOCCOCCOCCNC(=O)C(CCCCNC(=O)CCOCCN=C=S)CC(=O)Cc1ccc2ccccc2c1.CNCCCCC(NC(=O)CCOCCNC(=O)c1ccc(-c2c3ccc(=O)cc-3oc3cc(O)ccc23)c(C(=O)O)c1)C(N)=O. The van der Waals surface area contributed by atoms with E-state index in [1.165, 1.54) is 49.4 Å². The first-order valence-corrected chi connectivity index (χ1v) is 39.8. The molecule has 2 unspecified atom stereocenters. The first-order chi connectivity index (χ1) is 56.4. The Morgan fingerprint density at radius 2 is 1.09 bits per heavy atom. The van der Waals surface area contributed by atoms with Gasteiger partial charge >= 0.3 is 5.97 Å². The van der Waals surface area contributed by atoms with Gasteiger partial charge in [0, 0.05) is 111 Å². The summed E-state index contributed by atoms with van der Waals surface area (Å²) in [5, 5.41) is 39.1. The number of rotatable bonds is 66. The van der Waals surface area contributed by atoms with Crippen molar-refractivity contribution < 1.29 is 110 Å². The van der Waals surface area contributed by atoms with Gasteiger partial charge in [-0.3, -0.25) is 43.2 Å². The Balaban J connectivity index is 0.000000449. The molecule has 5 amide bonds. The summed E-state index contributed by atoms with van der Waals surface area (Å²) in [6.07, 6.45) is 6.35. The number of hydrogen-bond acceptors (Lipinski definition) is 26. The number of phenols is 1. The van der Waals surface area contributed by atoms with Gasteiger partial charge in [-0.2, -0.15) is 0 Å². The number of phenolic OH excluding ortho intramolecular Hbond substituents is 1. The van der Waals surface area contributed by atoms with Gasteiger partial charge in [-0.05, 0) is 130 Å². The van der Waals surface area contributed by atoms with Crippen molar-refractivity contribution >= 4 is 92.0 Å². The summed E-state index contributed by atoms with van der Waals surface area (Å²) in [5.41, 5.74) is 7.43. The lowest BCUT2D eigenvalue weighted by Gasteiger charge is -2.17. The molecule has 2 aliphatic rings. The number of isothiocyanates is 1. The van der Waals surface area contributed by atoms with Gasteiger partial charge in [-0.25, -0.2) is 9.79 Å². The molecule has 0 bridgehead atoms. The molecule has 6 rings (SSSR count). The lowest BCUT2D eigenvalue weighted by Crippen LogP contribution is -2.44. The maximum atomic E-state index is 13.3.